The molecule has 0 aliphatic carbocycles. The molecule has 0 aromatic heterocycles. The van der Waals surface area contributed by atoms with E-state index in [1.807, 2.05) is 43.0 Å². The molecule has 1 aliphatic heterocycles. The number of methoxy groups -OCH3 is 1. The third-order valence-corrected chi connectivity index (χ3v) is 4.48. The highest BCUT2D eigenvalue weighted by atomic mass is 16.5. The molecule has 0 atom stereocenters. The second-order valence-electron chi connectivity index (χ2n) is 6.34. The van der Waals surface area contributed by atoms with Gasteiger partial charge in [0.1, 0.15) is 0 Å². The quantitative estimate of drug-likeness (QED) is 0.684. The summed E-state index contributed by atoms with van der Waals surface area (Å²) in [5.74, 6) is -0.181. The molecule has 2 rings (SSSR count). The third kappa shape index (κ3) is 3.24. The maximum Gasteiger partial charge on any atom is 0.308 e. The second kappa shape index (κ2) is 6.38. The SMILES string of the molecule is COC(=O)C1CCN(C(=O)C(C)(C)c2ccc(N)cc2)CC1. The highest BCUT2D eigenvalue weighted by molar-refractivity contribution is 5.87. The average Bonchev–Trinajstić information content (AvgIpc) is 2.54. The number of carbonyl (C=O) groups excluding carboxylic acids is 2. The van der Waals surface area contributed by atoms with Gasteiger partial charge >= 0.3 is 5.97 Å². The first kappa shape index (κ1) is 16.3. The van der Waals surface area contributed by atoms with E-state index in [-0.39, 0.29) is 17.8 Å². The lowest BCUT2D eigenvalue weighted by Crippen LogP contribution is -2.47. The monoisotopic (exact) mass is 304 g/mol. The average molecular weight is 304 g/mol. The molecule has 0 spiro atoms. The number of esters is 1. The minimum atomic E-state index is -0.605. The largest absolute Gasteiger partial charge is 0.469 e. The van der Waals surface area contributed by atoms with Gasteiger partial charge in [-0.2, -0.15) is 0 Å². The zero-order valence-electron chi connectivity index (χ0n) is 13.5. The van der Waals surface area contributed by atoms with Crippen LogP contribution in [0.2, 0.25) is 0 Å². The highest BCUT2D eigenvalue weighted by Crippen LogP contribution is 2.29. The number of rotatable bonds is 3. The lowest BCUT2D eigenvalue weighted by Gasteiger charge is -2.36. The van der Waals surface area contributed by atoms with E-state index in [9.17, 15) is 9.59 Å². The molecule has 5 nitrogen and oxygen atoms in total. The van der Waals surface area contributed by atoms with E-state index in [0.717, 1.165) is 5.56 Å². The Hall–Kier alpha value is -2.04. The van der Waals surface area contributed by atoms with Gasteiger partial charge in [-0.25, -0.2) is 0 Å². The predicted octanol–water partition coefficient (Wildman–Crippen LogP) is 1.96. The molecule has 1 fully saturated rings. The lowest BCUT2D eigenvalue weighted by atomic mass is 9.82. The molecule has 1 aliphatic rings. The molecule has 1 saturated heterocycles. The topological polar surface area (TPSA) is 72.6 Å². The standard InChI is InChI=1S/C17H24N2O3/c1-17(2,13-4-6-14(18)7-5-13)16(21)19-10-8-12(9-11-19)15(20)22-3/h4-7,12H,8-11,18H2,1-3H3. The van der Waals surface area contributed by atoms with Crippen molar-refractivity contribution < 1.29 is 14.3 Å². The van der Waals surface area contributed by atoms with E-state index in [1.54, 1.807) is 0 Å². The van der Waals surface area contributed by atoms with Crippen molar-refractivity contribution in [3.05, 3.63) is 29.8 Å². The van der Waals surface area contributed by atoms with Crippen LogP contribution in [0.3, 0.4) is 0 Å². The molecule has 1 amide bonds. The van der Waals surface area contributed by atoms with Crippen molar-refractivity contribution >= 4 is 17.6 Å². The van der Waals surface area contributed by atoms with Crippen molar-refractivity contribution in [2.24, 2.45) is 5.92 Å². The number of amides is 1. The van der Waals surface area contributed by atoms with Gasteiger partial charge in [-0.15, -0.1) is 0 Å². The lowest BCUT2D eigenvalue weighted by molar-refractivity contribution is -0.149. The summed E-state index contributed by atoms with van der Waals surface area (Å²) in [5.41, 5.74) is 6.73. The number of ether oxygens (including phenoxy) is 1. The summed E-state index contributed by atoms with van der Waals surface area (Å²) in [6, 6.07) is 7.42. The summed E-state index contributed by atoms with van der Waals surface area (Å²) in [4.78, 5) is 26.2. The fourth-order valence-corrected chi connectivity index (χ4v) is 2.90. The first-order chi connectivity index (χ1) is 10.4. The molecule has 2 N–H and O–H groups in total. The van der Waals surface area contributed by atoms with E-state index >= 15 is 0 Å². The van der Waals surface area contributed by atoms with Gasteiger partial charge < -0.3 is 15.4 Å². The summed E-state index contributed by atoms with van der Waals surface area (Å²) in [6.45, 7) is 5.04. The number of nitrogen functional groups attached to an aromatic ring is 1. The van der Waals surface area contributed by atoms with Gasteiger partial charge in [0.25, 0.3) is 0 Å². The van der Waals surface area contributed by atoms with Crippen LogP contribution in [0.1, 0.15) is 32.3 Å². The molecule has 1 aromatic rings. The summed E-state index contributed by atoms with van der Waals surface area (Å²) >= 11 is 0. The smallest absolute Gasteiger partial charge is 0.308 e. The minimum absolute atomic E-state index is 0.0839. The van der Waals surface area contributed by atoms with Crippen LogP contribution in [0.5, 0.6) is 0 Å². The number of piperidine rings is 1. The Bertz CT molecular complexity index is 544. The van der Waals surface area contributed by atoms with Crippen molar-refractivity contribution in [3.8, 4) is 0 Å². The molecule has 5 heteroatoms. The highest BCUT2D eigenvalue weighted by Gasteiger charge is 2.36. The first-order valence-corrected chi connectivity index (χ1v) is 7.59. The molecule has 120 valence electrons. The van der Waals surface area contributed by atoms with Crippen LogP contribution in [0.4, 0.5) is 5.69 Å². The zero-order chi connectivity index (χ0) is 16.3. The number of nitrogens with zero attached hydrogens (tertiary/aromatic N) is 1. The summed E-state index contributed by atoms with van der Waals surface area (Å²) in [5, 5.41) is 0. The fraction of sp³-hybridized carbons (Fsp3) is 0.529. The van der Waals surface area contributed by atoms with Crippen molar-refractivity contribution in [2.45, 2.75) is 32.1 Å². The Balaban J connectivity index is 2.05. The fourth-order valence-electron chi connectivity index (χ4n) is 2.90. The molecule has 1 heterocycles. The Morgan fingerprint density at radius 2 is 1.73 bits per heavy atom. The van der Waals surface area contributed by atoms with Crippen molar-refractivity contribution in [3.63, 3.8) is 0 Å². The van der Waals surface area contributed by atoms with Gasteiger partial charge in [-0.3, -0.25) is 9.59 Å². The van der Waals surface area contributed by atoms with Crippen molar-refractivity contribution in [1.29, 1.82) is 0 Å². The first-order valence-electron chi connectivity index (χ1n) is 7.59. The summed E-state index contributed by atoms with van der Waals surface area (Å²) in [7, 11) is 1.41. The number of anilines is 1. The van der Waals surface area contributed by atoms with Crippen LogP contribution >= 0.6 is 0 Å². The maximum atomic E-state index is 12.8. The number of nitrogens with two attached hydrogens (primary N) is 1. The molecule has 0 unspecified atom stereocenters. The Morgan fingerprint density at radius 1 is 1.18 bits per heavy atom. The minimum Gasteiger partial charge on any atom is -0.469 e. The van der Waals surface area contributed by atoms with Crippen LogP contribution in [-0.4, -0.2) is 37.0 Å². The van der Waals surface area contributed by atoms with E-state index in [1.165, 1.54) is 7.11 Å². The van der Waals surface area contributed by atoms with Gasteiger partial charge in [0.15, 0.2) is 0 Å². The Labute approximate surface area is 131 Å². The van der Waals surface area contributed by atoms with E-state index in [2.05, 4.69) is 0 Å². The molecule has 22 heavy (non-hydrogen) atoms. The summed E-state index contributed by atoms with van der Waals surface area (Å²) < 4.78 is 4.78. The number of hydrogen-bond donors (Lipinski definition) is 1. The maximum absolute atomic E-state index is 12.8. The normalized spacial score (nSPS) is 16.4. The molecular formula is C17H24N2O3. The predicted molar refractivity (Wildman–Crippen MR) is 85.2 cm³/mol. The Morgan fingerprint density at radius 3 is 2.23 bits per heavy atom. The van der Waals surface area contributed by atoms with Gasteiger partial charge in [-0.05, 0) is 44.4 Å². The van der Waals surface area contributed by atoms with Crippen LogP contribution in [0.25, 0.3) is 0 Å². The number of carbonyl (C=O) groups is 2. The number of hydrogen-bond acceptors (Lipinski definition) is 4. The zero-order valence-corrected chi connectivity index (χ0v) is 13.5. The van der Waals surface area contributed by atoms with Gasteiger partial charge in [0, 0.05) is 18.8 Å². The molecule has 0 radical (unpaired) electrons. The van der Waals surface area contributed by atoms with Crippen molar-refractivity contribution in [1.82, 2.24) is 4.90 Å². The van der Waals surface area contributed by atoms with Gasteiger partial charge in [0.2, 0.25) is 5.91 Å². The molecule has 0 bridgehead atoms. The van der Waals surface area contributed by atoms with Gasteiger partial charge in [-0.1, -0.05) is 12.1 Å². The van der Waals surface area contributed by atoms with E-state index in [0.29, 0.717) is 31.6 Å². The number of likely N-dealkylation sites (tertiary alicyclic amines) is 1. The molecular weight excluding hydrogens is 280 g/mol. The molecule has 0 saturated carbocycles. The van der Waals surface area contributed by atoms with Gasteiger partial charge in [0.05, 0.1) is 18.4 Å². The second-order valence-corrected chi connectivity index (χ2v) is 6.34. The van der Waals surface area contributed by atoms with Crippen molar-refractivity contribution in [2.75, 3.05) is 25.9 Å². The van der Waals surface area contributed by atoms with Crippen LogP contribution < -0.4 is 5.73 Å². The van der Waals surface area contributed by atoms with E-state index in [4.69, 9.17) is 10.5 Å². The molecule has 1 aromatic carbocycles. The third-order valence-electron chi connectivity index (χ3n) is 4.48. The van der Waals surface area contributed by atoms with Crippen LogP contribution in [0.15, 0.2) is 24.3 Å². The number of benzene rings is 1. The Kier molecular flexibility index (Phi) is 4.74. The summed E-state index contributed by atoms with van der Waals surface area (Å²) in [6.07, 6.45) is 1.33. The van der Waals surface area contributed by atoms with E-state index < -0.39 is 5.41 Å². The van der Waals surface area contributed by atoms with Crippen LogP contribution in [0, 0.1) is 5.92 Å². The van der Waals surface area contributed by atoms with Crippen LogP contribution in [-0.2, 0) is 19.7 Å².